The van der Waals surface area contributed by atoms with E-state index in [2.05, 4.69) is 6.92 Å². The molecule has 6 heteroatoms. The molecule has 0 atom stereocenters. The highest BCUT2D eigenvalue weighted by molar-refractivity contribution is 5.91. The van der Waals surface area contributed by atoms with Crippen molar-refractivity contribution in [3.05, 3.63) is 46.1 Å². The van der Waals surface area contributed by atoms with Crippen LogP contribution in [0.15, 0.2) is 29.4 Å². The summed E-state index contributed by atoms with van der Waals surface area (Å²) in [5, 5.41) is 10.8. The van der Waals surface area contributed by atoms with Crippen molar-refractivity contribution in [1.82, 2.24) is 0 Å². The molecule has 0 bridgehead atoms. The number of ketones is 1. The number of esters is 1. The van der Waals surface area contributed by atoms with Crippen molar-refractivity contribution in [2.75, 3.05) is 7.11 Å². The Hall–Kier alpha value is -2.89. The van der Waals surface area contributed by atoms with Gasteiger partial charge in [0.2, 0.25) is 0 Å². The molecule has 1 rings (SSSR count). The second-order valence-electron chi connectivity index (χ2n) is 11.4. The summed E-state index contributed by atoms with van der Waals surface area (Å²) < 4.78 is 10.9. The van der Waals surface area contributed by atoms with E-state index in [1.807, 2.05) is 26.8 Å². The molecule has 0 aliphatic rings. The Morgan fingerprint density at radius 2 is 1.44 bits per heavy atom. The first kappa shape index (κ1) is 36.1. The standard InChI is InChI=1S/C35H54O6/c1-6-7-8-9-10-11-12-13-14-15-16-17-18-19-34(38)41-26-29-24-33(40-5)31(35(39)32(29)25-36)21-20-28(4)23-30(37)22-27(2)3/h20,22,24-25,39H,6-19,21,23,26H2,1-5H3/b28-20+. The van der Waals surface area contributed by atoms with Gasteiger partial charge >= 0.3 is 5.97 Å². The Labute approximate surface area is 248 Å². The summed E-state index contributed by atoms with van der Waals surface area (Å²) >= 11 is 0. The van der Waals surface area contributed by atoms with Crippen LogP contribution in [0.2, 0.25) is 0 Å². The van der Waals surface area contributed by atoms with E-state index in [1.54, 1.807) is 12.1 Å². The smallest absolute Gasteiger partial charge is 0.306 e. The summed E-state index contributed by atoms with van der Waals surface area (Å²) in [5.74, 6) is -0.0941. The second-order valence-corrected chi connectivity index (χ2v) is 11.4. The third-order valence-electron chi connectivity index (χ3n) is 7.26. The van der Waals surface area contributed by atoms with Crippen molar-refractivity contribution in [1.29, 1.82) is 0 Å². The lowest BCUT2D eigenvalue weighted by molar-refractivity contribution is -0.145. The molecule has 0 aliphatic carbocycles. The zero-order chi connectivity index (χ0) is 30.5. The van der Waals surface area contributed by atoms with Gasteiger partial charge in [0.25, 0.3) is 0 Å². The number of aromatic hydroxyl groups is 1. The van der Waals surface area contributed by atoms with Crippen LogP contribution in [0, 0.1) is 0 Å². The van der Waals surface area contributed by atoms with E-state index < -0.39 is 0 Å². The van der Waals surface area contributed by atoms with Crippen LogP contribution in [-0.4, -0.2) is 30.3 Å². The van der Waals surface area contributed by atoms with Crippen LogP contribution in [0.25, 0.3) is 0 Å². The van der Waals surface area contributed by atoms with Crippen LogP contribution < -0.4 is 4.74 Å². The third-order valence-corrected chi connectivity index (χ3v) is 7.26. The van der Waals surface area contributed by atoms with Crippen molar-refractivity contribution in [3.63, 3.8) is 0 Å². The van der Waals surface area contributed by atoms with Crippen LogP contribution in [-0.2, 0) is 27.4 Å². The minimum atomic E-state index is -0.313. The monoisotopic (exact) mass is 570 g/mol. The Bertz CT molecular complexity index is 1000. The number of rotatable bonds is 23. The number of methoxy groups -OCH3 is 1. The number of phenols is 1. The summed E-state index contributed by atoms with van der Waals surface area (Å²) in [7, 11) is 1.48. The molecule has 1 N–H and O–H groups in total. The van der Waals surface area contributed by atoms with Gasteiger partial charge in [0.15, 0.2) is 12.1 Å². The van der Waals surface area contributed by atoms with Crippen LogP contribution in [0.5, 0.6) is 11.5 Å². The molecular weight excluding hydrogens is 516 g/mol. The van der Waals surface area contributed by atoms with Gasteiger partial charge in [-0.2, -0.15) is 0 Å². The number of benzene rings is 1. The highest BCUT2D eigenvalue weighted by Crippen LogP contribution is 2.35. The largest absolute Gasteiger partial charge is 0.507 e. The van der Waals surface area contributed by atoms with E-state index in [4.69, 9.17) is 9.47 Å². The van der Waals surface area contributed by atoms with Gasteiger partial charge in [0, 0.05) is 24.0 Å². The zero-order valence-corrected chi connectivity index (χ0v) is 26.3. The van der Waals surface area contributed by atoms with Crippen molar-refractivity contribution >= 4 is 18.0 Å². The molecule has 0 radical (unpaired) electrons. The maximum absolute atomic E-state index is 12.3. The Balaban J connectivity index is 2.48. The van der Waals surface area contributed by atoms with Gasteiger partial charge in [-0.05, 0) is 45.8 Å². The Morgan fingerprint density at radius 1 is 0.878 bits per heavy atom. The molecular formula is C35H54O6. The lowest BCUT2D eigenvalue weighted by Gasteiger charge is -2.15. The second kappa shape index (κ2) is 21.8. The molecule has 0 saturated heterocycles. The fourth-order valence-electron chi connectivity index (χ4n) is 4.90. The van der Waals surface area contributed by atoms with E-state index in [-0.39, 0.29) is 36.1 Å². The number of hydrogen-bond donors (Lipinski definition) is 1. The molecule has 0 heterocycles. The SMILES string of the molecule is CCCCCCCCCCCCCCCC(=O)OCc1cc(OC)c(C/C=C(\C)CC(=O)C=C(C)C)c(O)c1C=O. The minimum absolute atomic E-state index is 0.0134. The number of carbonyl (C=O) groups is 3. The average Bonchev–Trinajstić information content (AvgIpc) is 2.92. The van der Waals surface area contributed by atoms with Gasteiger partial charge in [-0.15, -0.1) is 0 Å². The van der Waals surface area contributed by atoms with Gasteiger partial charge in [-0.3, -0.25) is 14.4 Å². The van der Waals surface area contributed by atoms with Crippen molar-refractivity contribution in [2.24, 2.45) is 0 Å². The van der Waals surface area contributed by atoms with E-state index >= 15 is 0 Å². The van der Waals surface area contributed by atoms with E-state index in [1.165, 1.54) is 71.3 Å². The fraction of sp³-hybridized carbons (Fsp3) is 0.629. The summed E-state index contributed by atoms with van der Waals surface area (Å²) in [5.41, 5.74) is 2.73. The molecule has 1 aromatic rings. The fourth-order valence-corrected chi connectivity index (χ4v) is 4.90. The first-order valence-electron chi connectivity index (χ1n) is 15.6. The number of ether oxygens (including phenoxy) is 2. The maximum atomic E-state index is 12.3. The van der Waals surface area contributed by atoms with Crippen LogP contribution in [0.1, 0.15) is 145 Å². The van der Waals surface area contributed by atoms with Crippen molar-refractivity contribution in [3.8, 4) is 11.5 Å². The Kier molecular flexibility index (Phi) is 19.2. The molecule has 6 nitrogen and oxygen atoms in total. The topological polar surface area (TPSA) is 89.9 Å². The average molecular weight is 571 g/mol. The summed E-state index contributed by atoms with van der Waals surface area (Å²) in [6.45, 7) is 7.74. The van der Waals surface area contributed by atoms with Crippen LogP contribution >= 0.6 is 0 Å². The van der Waals surface area contributed by atoms with Gasteiger partial charge in [0.05, 0.1) is 12.7 Å². The van der Waals surface area contributed by atoms with Crippen LogP contribution in [0.3, 0.4) is 0 Å². The highest BCUT2D eigenvalue weighted by Gasteiger charge is 2.19. The first-order valence-corrected chi connectivity index (χ1v) is 15.6. The predicted molar refractivity (Wildman–Crippen MR) is 167 cm³/mol. The lowest BCUT2D eigenvalue weighted by atomic mass is 9.98. The molecule has 0 aromatic heterocycles. The number of allylic oxidation sites excluding steroid dienone is 4. The summed E-state index contributed by atoms with van der Waals surface area (Å²) in [4.78, 5) is 36.2. The quantitative estimate of drug-likeness (QED) is 0.0464. The van der Waals surface area contributed by atoms with E-state index in [9.17, 15) is 19.5 Å². The predicted octanol–water partition coefficient (Wildman–Crippen LogP) is 9.15. The van der Waals surface area contributed by atoms with E-state index in [0.717, 1.165) is 30.4 Å². The number of hydrogen-bond acceptors (Lipinski definition) is 6. The van der Waals surface area contributed by atoms with Crippen molar-refractivity contribution < 1.29 is 29.0 Å². The van der Waals surface area contributed by atoms with Crippen molar-refractivity contribution in [2.45, 2.75) is 137 Å². The molecule has 41 heavy (non-hydrogen) atoms. The summed E-state index contributed by atoms with van der Waals surface area (Å²) in [6, 6.07) is 1.63. The minimum Gasteiger partial charge on any atom is -0.507 e. The lowest BCUT2D eigenvalue weighted by Crippen LogP contribution is -2.07. The normalized spacial score (nSPS) is 11.3. The number of carbonyl (C=O) groups excluding carboxylic acids is 3. The van der Waals surface area contributed by atoms with Gasteiger partial charge in [-0.1, -0.05) is 101 Å². The molecule has 0 aliphatic heterocycles. The molecule has 0 saturated carbocycles. The molecule has 0 spiro atoms. The zero-order valence-electron chi connectivity index (χ0n) is 26.3. The number of phenolic OH excluding ortho intramolecular Hbond substituents is 1. The molecule has 0 unspecified atom stereocenters. The maximum Gasteiger partial charge on any atom is 0.306 e. The molecule has 0 fully saturated rings. The highest BCUT2D eigenvalue weighted by atomic mass is 16.5. The number of aldehydes is 1. The molecule has 0 amide bonds. The first-order chi connectivity index (χ1) is 19.7. The third kappa shape index (κ3) is 15.6. The number of unbranched alkanes of at least 4 members (excludes halogenated alkanes) is 12. The van der Waals surface area contributed by atoms with E-state index in [0.29, 0.717) is 36.0 Å². The van der Waals surface area contributed by atoms with Gasteiger partial charge in [0.1, 0.15) is 18.1 Å². The molecule has 230 valence electrons. The summed E-state index contributed by atoms with van der Waals surface area (Å²) in [6.07, 6.45) is 21.1. The van der Waals surface area contributed by atoms with Gasteiger partial charge in [-0.25, -0.2) is 0 Å². The van der Waals surface area contributed by atoms with Crippen LogP contribution in [0.4, 0.5) is 0 Å². The van der Waals surface area contributed by atoms with Gasteiger partial charge < -0.3 is 14.6 Å². The Morgan fingerprint density at radius 3 is 1.95 bits per heavy atom. The molecule has 1 aromatic carbocycles.